The number of aryl methyl sites for hydroxylation is 2. The Morgan fingerprint density at radius 1 is 1.27 bits per heavy atom. The van der Waals surface area contributed by atoms with Gasteiger partial charge in [-0.25, -0.2) is 4.98 Å². The summed E-state index contributed by atoms with van der Waals surface area (Å²) in [5, 5.41) is 3.26. The summed E-state index contributed by atoms with van der Waals surface area (Å²) in [6.45, 7) is 8.53. The van der Waals surface area contributed by atoms with E-state index in [0.29, 0.717) is 12.5 Å². The summed E-state index contributed by atoms with van der Waals surface area (Å²) in [5.74, 6) is 0.608. The highest BCUT2D eigenvalue weighted by atomic mass is 16.5. The number of nitrogens with zero attached hydrogens (tertiary/aromatic N) is 2. The molecule has 0 aliphatic rings. The first kappa shape index (κ1) is 11.9. The largest absolute Gasteiger partial charge is 0.475 e. The molecule has 15 heavy (non-hydrogen) atoms. The molecule has 0 spiro atoms. The molecule has 0 atom stereocenters. The topological polar surface area (TPSA) is 47.0 Å². The molecule has 0 saturated heterocycles. The third kappa shape index (κ3) is 4.25. The minimum atomic E-state index is 0.608. The number of hydrogen-bond donors (Lipinski definition) is 1. The van der Waals surface area contributed by atoms with Crippen LogP contribution in [0.1, 0.15) is 24.7 Å². The molecular weight excluding hydrogens is 190 g/mol. The van der Waals surface area contributed by atoms with Crippen molar-refractivity contribution < 1.29 is 4.74 Å². The van der Waals surface area contributed by atoms with Crippen LogP contribution >= 0.6 is 0 Å². The highest BCUT2D eigenvalue weighted by molar-refractivity contribution is 5.14. The van der Waals surface area contributed by atoms with Crippen LogP contribution in [0.4, 0.5) is 0 Å². The van der Waals surface area contributed by atoms with E-state index in [-0.39, 0.29) is 0 Å². The number of ether oxygens (including phenoxy) is 1. The first-order valence-electron chi connectivity index (χ1n) is 5.37. The third-order valence-electron chi connectivity index (χ3n) is 2.13. The fourth-order valence-corrected chi connectivity index (χ4v) is 1.12. The summed E-state index contributed by atoms with van der Waals surface area (Å²) in [4.78, 5) is 8.46. The van der Waals surface area contributed by atoms with E-state index in [0.717, 1.165) is 30.9 Å². The third-order valence-corrected chi connectivity index (χ3v) is 2.13. The van der Waals surface area contributed by atoms with E-state index in [1.54, 1.807) is 6.20 Å². The number of aromatic nitrogens is 2. The Labute approximate surface area is 91.1 Å². The maximum Gasteiger partial charge on any atom is 0.232 e. The molecule has 0 aromatic carbocycles. The highest BCUT2D eigenvalue weighted by Crippen LogP contribution is 2.07. The average molecular weight is 209 g/mol. The van der Waals surface area contributed by atoms with E-state index in [9.17, 15) is 0 Å². The van der Waals surface area contributed by atoms with Crippen LogP contribution in [-0.2, 0) is 0 Å². The average Bonchev–Trinajstić information content (AvgIpc) is 2.23. The normalized spacial score (nSPS) is 10.3. The van der Waals surface area contributed by atoms with Crippen LogP contribution in [0.2, 0.25) is 0 Å². The molecule has 0 amide bonds. The van der Waals surface area contributed by atoms with Crippen molar-refractivity contribution in [2.24, 2.45) is 0 Å². The van der Waals surface area contributed by atoms with Crippen molar-refractivity contribution in [2.75, 3.05) is 19.7 Å². The van der Waals surface area contributed by atoms with E-state index in [2.05, 4.69) is 22.2 Å². The van der Waals surface area contributed by atoms with E-state index in [1.807, 2.05) is 13.8 Å². The van der Waals surface area contributed by atoms with Gasteiger partial charge in [-0.3, -0.25) is 4.98 Å². The summed E-state index contributed by atoms with van der Waals surface area (Å²) in [7, 11) is 0. The van der Waals surface area contributed by atoms with Crippen LogP contribution in [0.25, 0.3) is 0 Å². The molecule has 4 nitrogen and oxygen atoms in total. The van der Waals surface area contributed by atoms with Gasteiger partial charge in [0.25, 0.3) is 0 Å². The van der Waals surface area contributed by atoms with Gasteiger partial charge in [-0.2, -0.15) is 0 Å². The Hall–Kier alpha value is -1.16. The maximum absolute atomic E-state index is 5.45. The first-order valence-corrected chi connectivity index (χ1v) is 5.37. The predicted molar refractivity (Wildman–Crippen MR) is 60.2 cm³/mol. The molecule has 0 saturated carbocycles. The molecule has 1 aromatic rings. The quantitative estimate of drug-likeness (QED) is 0.721. The highest BCUT2D eigenvalue weighted by Gasteiger charge is 1.99. The van der Waals surface area contributed by atoms with Crippen molar-refractivity contribution in [3.63, 3.8) is 0 Å². The van der Waals surface area contributed by atoms with Gasteiger partial charge in [-0.15, -0.1) is 0 Å². The molecule has 1 rings (SSSR count). The van der Waals surface area contributed by atoms with Crippen molar-refractivity contribution in [1.29, 1.82) is 0 Å². The van der Waals surface area contributed by atoms with E-state index >= 15 is 0 Å². The summed E-state index contributed by atoms with van der Waals surface area (Å²) in [6.07, 6.45) is 2.81. The second-order valence-electron chi connectivity index (χ2n) is 3.48. The Morgan fingerprint density at radius 2 is 2.07 bits per heavy atom. The molecule has 0 radical (unpaired) electrons. The minimum Gasteiger partial charge on any atom is -0.475 e. The van der Waals surface area contributed by atoms with Gasteiger partial charge < -0.3 is 10.1 Å². The predicted octanol–water partition coefficient (Wildman–Crippen LogP) is 1.47. The van der Waals surface area contributed by atoms with Crippen LogP contribution < -0.4 is 10.1 Å². The summed E-state index contributed by atoms with van der Waals surface area (Å²) >= 11 is 0. The van der Waals surface area contributed by atoms with Crippen molar-refractivity contribution in [1.82, 2.24) is 15.3 Å². The molecule has 0 aliphatic carbocycles. The molecule has 0 bridgehead atoms. The molecule has 1 heterocycles. The van der Waals surface area contributed by atoms with Crippen molar-refractivity contribution in [2.45, 2.75) is 27.2 Å². The molecule has 0 unspecified atom stereocenters. The lowest BCUT2D eigenvalue weighted by Crippen LogP contribution is -2.21. The molecule has 84 valence electrons. The van der Waals surface area contributed by atoms with Crippen LogP contribution in [0.3, 0.4) is 0 Å². The van der Waals surface area contributed by atoms with Crippen molar-refractivity contribution in [3.05, 3.63) is 17.6 Å². The van der Waals surface area contributed by atoms with Gasteiger partial charge in [-0.05, 0) is 26.8 Å². The monoisotopic (exact) mass is 209 g/mol. The Bertz CT molecular complexity index is 302. The Balaban J connectivity index is 2.28. The molecular formula is C11H19N3O. The van der Waals surface area contributed by atoms with Crippen LogP contribution in [0.5, 0.6) is 5.88 Å². The van der Waals surface area contributed by atoms with E-state index in [1.165, 1.54) is 0 Å². The van der Waals surface area contributed by atoms with Crippen molar-refractivity contribution >= 4 is 0 Å². The van der Waals surface area contributed by atoms with Gasteiger partial charge in [0.05, 0.1) is 17.6 Å². The fraction of sp³-hybridized carbons (Fsp3) is 0.636. The summed E-state index contributed by atoms with van der Waals surface area (Å²) < 4.78 is 5.45. The van der Waals surface area contributed by atoms with Crippen LogP contribution in [-0.4, -0.2) is 29.7 Å². The van der Waals surface area contributed by atoms with Crippen LogP contribution in [0, 0.1) is 13.8 Å². The summed E-state index contributed by atoms with van der Waals surface area (Å²) in [6, 6.07) is 0. The zero-order chi connectivity index (χ0) is 11.1. The second kappa shape index (κ2) is 6.35. The molecule has 1 aromatic heterocycles. The Morgan fingerprint density at radius 3 is 2.73 bits per heavy atom. The lowest BCUT2D eigenvalue weighted by atomic mass is 10.4. The van der Waals surface area contributed by atoms with E-state index in [4.69, 9.17) is 4.74 Å². The molecule has 0 fully saturated rings. The van der Waals surface area contributed by atoms with Crippen molar-refractivity contribution in [3.8, 4) is 5.88 Å². The second-order valence-corrected chi connectivity index (χ2v) is 3.48. The lowest BCUT2D eigenvalue weighted by molar-refractivity contribution is 0.300. The Kier molecular flexibility index (Phi) is 5.04. The summed E-state index contributed by atoms with van der Waals surface area (Å²) in [5.41, 5.74) is 1.88. The van der Waals surface area contributed by atoms with Gasteiger partial charge in [0.1, 0.15) is 6.61 Å². The molecule has 1 N–H and O–H groups in total. The molecule has 4 heteroatoms. The fourth-order valence-electron chi connectivity index (χ4n) is 1.12. The number of nitrogens with one attached hydrogen (secondary N) is 1. The molecule has 0 aliphatic heterocycles. The SMILES string of the molecule is CCCNCCOc1cnc(C)c(C)n1. The van der Waals surface area contributed by atoms with Gasteiger partial charge in [0.15, 0.2) is 0 Å². The lowest BCUT2D eigenvalue weighted by Gasteiger charge is -2.07. The van der Waals surface area contributed by atoms with Gasteiger partial charge in [-0.1, -0.05) is 6.92 Å². The zero-order valence-corrected chi connectivity index (χ0v) is 9.71. The maximum atomic E-state index is 5.45. The van der Waals surface area contributed by atoms with Gasteiger partial charge in [0, 0.05) is 6.54 Å². The minimum absolute atomic E-state index is 0.608. The van der Waals surface area contributed by atoms with E-state index < -0.39 is 0 Å². The number of rotatable bonds is 6. The van der Waals surface area contributed by atoms with Gasteiger partial charge in [0.2, 0.25) is 5.88 Å². The zero-order valence-electron chi connectivity index (χ0n) is 9.71. The smallest absolute Gasteiger partial charge is 0.232 e. The standard InChI is InChI=1S/C11H19N3O/c1-4-5-12-6-7-15-11-8-13-9(2)10(3)14-11/h8,12H,4-7H2,1-3H3. The number of hydrogen-bond acceptors (Lipinski definition) is 4. The first-order chi connectivity index (χ1) is 7.24. The van der Waals surface area contributed by atoms with Crippen LogP contribution in [0.15, 0.2) is 6.20 Å². The van der Waals surface area contributed by atoms with Gasteiger partial charge >= 0.3 is 0 Å².